The van der Waals surface area contributed by atoms with Crippen LogP contribution in [0.15, 0.2) is 17.0 Å². The Morgan fingerprint density at radius 2 is 2.05 bits per heavy atom. The third kappa shape index (κ3) is 3.31. The lowest BCUT2D eigenvalue weighted by Crippen LogP contribution is -2.42. The van der Waals surface area contributed by atoms with Gasteiger partial charge < -0.3 is 10.6 Å². The Labute approximate surface area is 129 Å². The van der Waals surface area contributed by atoms with Crippen molar-refractivity contribution in [2.45, 2.75) is 24.3 Å². The van der Waals surface area contributed by atoms with Gasteiger partial charge in [0.2, 0.25) is 10.0 Å². The Hall–Kier alpha value is -0.890. The van der Waals surface area contributed by atoms with Crippen LogP contribution in [0.2, 0.25) is 5.02 Å². The molecular weight excluding hydrogens is 317 g/mol. The molecule has 0 spiro atoms. The van der Waals surface area contributed by atoms with Crippen LogP contribution in [-0.2, 0) is 10.0 Å². The lowest BCUT2D eigenvalue weighted by Gasteiger charge is -2.27. The molecular formula is C13H19ClFN3O2S. The number of nitrogen functional groups attached to an aromatic ring is 1. The van der Waals surface area contributed by atoms with Gasteiger partial charge in [0.1, 0.15) is 10.7 Å². The second-order valence-corrected chi connectivity index (χ2v) is 7.65. The lowest BCUT2D eigenvalue weighted by molar-refractivity contribution is 0.290. The van der Waals surface area contributed by atoms with E-state index >= 15 is 0 Å². The summed E-state index contributed by atoms with van der Waals surface area (Å²) in [6.07, 6.45) is 0.731. The number of halogens is 2. The van der Waals surface area contributed by atoms with E-state index in [0.29, 0.717) is 13.1 Å². The van der Waals surface area contributed by atoms with Crippen LogP contribution >= 0.6 is 11.6 Å². The summed E-state index contributed by atoms with van der Waals surface area (Å²) < 4.78 is 40.3. The van der Waals surface area contributed by atoms with Crippen molar-refractivity contribution in [2.24, 2.45) is 0 Å². The number of benzene rings is 1. The smallest absolute Gasteiger partial charge is 0.244 e. The van der Waals surface area contributed by atoms with Crippen LogP contribution in [0.5, 0.6) is 0 Å². The van der Waals surface area contributed by atoms with E-state index < -0.39 is 15.8 Å². The molecule has 5 nitrogen and oxygen atoms in total. The van der Waals surface area contributed by atoms with Crippen molar-refractivity contribution in [2.75, 3.05) is 32.4 Å². The van der Waals surface area contributed by atoms with Crippen LogP contribution < -0.4 is 5.73 Å². The second-order valence-electron chi connectivity index (χ2n) is 5.38. The molecule has 1 heterocycles. The van der Waals surface area contributed by atoms with Crippen molar-refractivity contribution in [1.29, 1.82) is 0 Å². The summed E-state index contributed by atoms with van der Waals surface area (Å²) in [6.45, 7) is 3.71. The first-order chi connectivity index (χ1) is 9.73. The average molecular weight is 336 g/mol. The molecule has 8 heteroatoms. The molecule has 1 aromatic carbocycles. The van der Waals surface area contributed by atoms with Gasteiger partial charge in [0.25, 0.3) is 0 Å². The largest absolute Gasteiger partial charge is 0.396 e. The summed E-state index contributed by atoms with van der Waals surface area (Å²) >= 11 is 5.91. The van der Waals surface area contributed by atoms with Gasteiger partial charge in [-0.15, -0.1) is 0 Å². The molecule has 0 aromatic heterocycles. The zero-order valence-corrected chi connectivity index (χ0v) is 13.6. The minimum absolute atomic E-state index is 0.139. The molecule has 1 aromatic rings. The maximum atomic E-state index is 13.4. The standard InChI is InChI=1S/C13H19ClFN3O2S/c1-9-8-17(2)4-3-5-18(9)21(19,20)13-7-12(16)11(15)6-10(13)14/h6-7,9H,3-5,8,16H2,1-2H3. The first-order valence-electron chi connectivity index (χ1n) is 6.68. The van der Waals surface area contributed by atoms with Crippen LogP contribution in [0, 0.1) is 5.82 Å². The summed E-state index contributed by atoms with van der Waals surface area (Å²) in [5.41, 5.74) is 5.25. The third-order valence-electron chi connectivity index (χ3n) is 3.62. The fourth-order valence-corrected chi connectivity index (χ4v) is 4.76. The Kier molecular flexibility index (Phi) is 4.77. The average Bonchev–Trinajstić information content (AvgIpc) is 2.54. The van der Waals surface area contributed by atoms with Crippen LogP contribution in [0.3, 0.4) is 0 Å². The molecule has 0 saturated carbocycles. The van der Waals surface area contributed by atoms with Crippen molar-refractivity contribution in [3.63, 3.8) is 0 Å². The number of rotatable bonds is 2. The highest BCUT2D eigenvalue weighted by molar-refractivity contribution is 7.89. The van der Waals surface area contributed by atoms with E-state index in [-0.39, 0.29) is 21.6 Å². The SMILES string of the molecule is CC1CN(C)CCCN1S(=O)(=O)c1cc(N)c(F)cc1Cl. The number of anilines is 1. The van der Waals surface area contributed by atoms with Gasteiger partial charge in [0.05, 0.1) is 10.7 Å². The van der Waals surface area contributed by atoms with Gasteiger partial charge in [0, 0.05) is 19.1 Å². The molecule has 0 bridgehead atoms. The topological polar surface area (TPSA) is 66.6 Å². The van der Waals surface area contributed by atoms with E-state index in [1.807, 2.05) is 14.0 Å². The van der Waals surface area contributed by atoms with Crippen molar-refractivity contribution < 1.29 is 12.8 Å². The van der Waals surface area contributed by atoms with Crippen LogP contribution in [0.4, 0.5) is 10.1 Å². The third-order valence-corrected chi connectivity index (χ3v) is 6.10. The first kappa shape index (κ1) is 16.5. The lowest BCUT2D eigenvalue weighted by atomic mass is 10.3. The number of hydrogen-bond donors (Lipinski definition) is 1. The summed E-state index contributed by atoms with van der Waals surface area (Å²) in [5, 5.41) is -0.147. The quantitative estimate of drug-likeness (QED) is 0.837. The number of sulfonamides is 1. The van der Waals surface area contributed by atoms with Crippen LogP contribution in [-0.4, -0.2) is 50.3 Å². The van der Waals surface area contributed by atoms with E-state index in [1.165, 1.54) is 4.31 Å². The highest BCUT2D eigenvalue weighted by Gasteiger charge is 2.33. The molecule has 2 rings (SSSR count). The van der Waals surface area contributed by atoms with E-state index in [2.05, 4.69) is 4.90 Å². The molecule has 0 aliphatic carbocycles. The Bertz CT molecular complexity index is 639. The highest BCUT2D eigenvalue weighted by atomic mass is 35.5. The predicted molar refractivity (Wildman–Crippen MR) is 81.3 cm³/mol. The zero-order chi connectivity index (χ0) is 15.8. The number of nitrogens with zero attached hydrogens (tertiary/aromatic N) is 2. The van der Waals surface area contributed by atoms with Gasteiger partial charge in [-0.1, -0.05) is 11.6 Å². The molecule has 0 amide bonds. The molecule has 118 valence electrons. The Morgan fingerprint density at radius 1 is 1.38 bits per heavy atom. The molecule has 2 N–H and O–H groups in total. The summed E-state index contributed by atoms with van der Waals surface area (Å²) in [7, 11) is -1.85. The van der Waals surface area contributed by atoms with Crippen LogP contribution in [0.1, 0.15) is 13.3 Å². The van der Waals surface area contributed by atoms with Gasteiger partial charge >= 0.3 is 0 Å². The fourth-order valence-electron chi connectivity index (χ4n) is 2.58. The van der Waals surface area contributed by atoms with E-state index in [4.69, 9.17) is 17.3 Å². The van der Waals surface area contributed by atoms with Gasteiger partial charge in [-0.05, 0) is 39.1 Å². The van der Waals surface area contributed by atoms with Gasteiger partial charge in [-0.2, -0.15) is 4.31 Å². The number of hydrogen-bond acceptors (Lipinski definition) is 4. The van der Waals surface area contributed by atoms with Gasteiger partial charge in [-0.25, -0.2) is 12.8 Å². The molecule has 21 heavy (non-hydrogen) atoms. The second kappa shape index (κ2) is 6.08. The monoisotopic (exact) mass is 335 g/mol. The summed E-state index contributed by atoms with van der Waals surface area (Å²) in [5.74, 6) is -0.720. The fraction of sp³-hybridized carbons (Fsp3) is 0.538. The molecule has 0 radical (unpaired) electrons. The van der Waals surface area contributed by atoms with Crippen molar-refractivity contribution in [3.8, 4) is 0 Å². The zero-order valence-electron chi connectivity index (χ0n) is 12.0. The van der Waals surface area contributed by atoms with E-state index in [1.54, 1.807) is 0 Å². The molecule has 1 atom stereocenters. The molecule has 1 unspecified atom stereocenters. The molecule has 1 saturated heterocycles. The Balaban J connectivity index is 2.44. The normalized spacial score (nSPS) is 22.2. The first-order valence-corrected chi connectivity index (χ1v) is 8.50. The van der Waals surface area contributed by atoms with Gasteiger partial charge in [-0.3, -0.25) is 0 Å². The number of likely N-dealkylation sites (N-methyl/N-ethyl adjacent to an activating group) is 1. The maximum absolute atomic E-state index is 13.4. The minimum Gasteiger partial charge on any atom is -0.396 e. The van der Waals surface area contributed by atoms with Crippen LogP contribution in [0.25, 0.3) is 0 Å². The summed E-state index contributed by atoms with van der Waals surface area (Å²) in [4.78, 5) is 1.94. The summed E-state index contributed by atoms with van der Waals surface area (Å²) in [6, 6.07) is 1.84. The van der Waals surface area contributed by atoms with E-state index in [0.717, 1.165) is 25.1 Å². The molecule has 1 fully saturated rings. The molecule has 1 aliphatic heterocycles. The van der Waals surface area contributed by atoms with Crippen molar-refractivity contribution in [3.05, 3.63) is 23.0 Å². The minimum atomic E-state index is -3.80. The van der Waals surface area contributed by atoms with Crippen molar-refractivity contribution in [1.82, 2.24) is 9.21 Å². The highest BCUT2D eigenvalue weighted by Crippen LogP contribution is 2.30. The van der Waals surface area contributed by atoms with Gasteiger partial charge in [0.15, 0.2) is 0 Å². The molecule has 1 aliphatic rings. The predicted octanol–water partition coefficient (Wildman–Crippen LogP) is 1.78. The number of nitrogens with two attached hydrogens (primary N) is 1. The van der Waals surface area contributed by atoms with E-state index in [9.17, 15) is 12.8 Å². The van der Waals surface area contributed by atoms with Crippen molar-refractivity contribution >= 4 is 27.3 Å². The Morgan fingerprint density at radius 3 is 2.71 bits per heavy atom. The maximum Gasteiger partial charge on any atom is 0.244 e.